The molecule has 0 fully saturated rings. The first-order chi connectivity index (χ1) is 8.58. The first kappa shape index (κ1) is 13.0. The molecule has 1 aromatic carbocycles. The Morgan fingerprint density at radius 3 is 2.78 bits per heavy atom. The lowest BCUT2D eigenvalue weighted by atomic mass is 9.92. The number of carbonyl (C=O) groups is 2. The number of ketones is 2. The second-order valence-corrected chi connectivity index (χ2v) is 5.10. The van der Waals surface area contributed by atoms with Gasteiger partial charge in [0.1, 0.15) is 0 Å². The fraction of sp³-hybridized carbons (Fsp3) is 0.333. The lowest BCUT2D eigenvalue weighted by Crippen LogP contribution is -2.19. The second kappa shape index (κ2) is 5.49. The minimum absolute atomic E-state index is 0.107. The minimum atomic E-state index is -0.157. The van der Waals surface area contributed by atoms with Crippen molar-refractivity contribution in [3.8, 4) is 0 Å². The Morgan fingerprint density at radius 1 is 1.33 bits per heavy atom. The predicted molar refractivity (Wildman–Crippen MR) is 71.6 cm³/mol. The summed E-state index contributed by atoms with van der Waals surface area (Å²) in [7, 11) is 0. The van der Waals surface area contributed by atoms with Gasteiger partial charge in [-0.25, -0.2) is 0 Å². The zero-order valence-electron chi connectivity index (χ0n) is 10.3. The molecule has 0 amide bonds. The van der Waals surface area contributed by atoms with Crippen molar-refractivity contribution >= 4 is 23.2 Å². The summed E-state index contributed by atoms with van der Waals surface area (Å²) < 4.78 is 0. The summed E-state index contributed by atoms with van der Waals surface area (Å²) in [6.07, 6.45) is 2.07. The van der Waals surface area contributed by atoms with Crippen molar-refractivity contribution in [2.24, 2.45) is 0 Å². The van der Waals surface area contributed by atoms with Crippen LogP contribution < -0.4 is 0 Å². The lowest BCUT2D eigenvalue weighted by Gasteiger charge is -2.14. The molecule has 1 aromatic rings. The summed E-state index contributed by atoms with van der Waals surface area (Å²) in [6, 6.07) is 7.74. The standard InChI is InChI=1S/C15H15ClO2/c1-10-4-2-5-11(8-10)9-14(18)15-12(16)6-3-7-13(15)17/h2,4-5,8H,3,6-7,9H2,1H3. The Hall–Kier alpha value is -1.41. The van der Waals surface area contributed by atoms with Crippen LogP contribution in [0.2, 0.25) is 0 Å². The van der Waals surface area contributed by atoms with Crippen LogP contribution in [0, 0.1) is 6.92 Å². The summed E-state index contributed by atoms with van der Waals surface area (Å²) in [5.41, 5.74) is 2.26. The van der Waals surface area contributed by atoms with Gasteiger partial charge in [-0.1, -0.05) is 41.4 Å². The van der Waals surface area contributed by atoms with E-state index in [0.29, 0.717) is 17.9 Å². The molecule has 18 heavy (non-hydrogen) atoms. The Kier molecular flexibility index (Phi) is 3.97. The highest BCUT2D eigenvalue weighted by Crippen LogP contribution is 2.26. The average molecular weight is 263 g/mol. The van der Waals surface area contributed by atoms with Gasteiger partial charge in [0, 0.05) is 17.9 Å². The molecule has 0 saturated heterocycles. The molecule has 1 aliphatic rings. The highest BCUT2D eigenvalue weighted by molar-refractivity contribution is 6.37. The number of halogens is 1. The van der Waals surface area contributed by atoms with E-state index in [0.717, 1.165) is 17.5 Å². The number of benzene rings is 1. The maximum Gasteiger partial charge on any atom is 0.171 e. The van der Waals surface area contributed by atoms with Gasteiger partial charge in [0.15, 0.2) is 11.6 Å². The Labute approximate surface area is 112 Å². The minimum Gasteiger partial charge on any atom is -0.294 e. The number of rotatable bonds is 3. The maximum absolute atomic E-state index is 12.1. The van der Waals surface area contributed by atoms with Crippen molar-refractivity contribution in [3.63, 3.8) is 0 Å². The molecule has 0 aliphatic heterocycles. The first-order valence-corrected chi connectivity index (χ1v) is 6.46. The highest BCUT2D eigenvalue weighted by Gasteiger charge is 2.25. The Bertz CT molecular complexity index is 529. The topological polar surface area (TPSA) is 34.1 Å². The molecule has 0 saturated carbocycles. The molecule has 2 rings (SSSR count). The van der Waals surface area contributed by atoms with Crippen molar-refractivity contribution in [1.29, 1.82) is 0 Å². The van der Waals surface area contributed by atoms with E-state index in [9.17, 15) is 9.59 Å². The highest BCUT2D eigenvalue weighted by atomic mass is 35.5. The molecule has 2 nitrogen and oxygen atoms in total. The molecule has 0 bridgehead atoms. The fourth-order valence-electron chi connectivity index (χ4n) is 2.21. The number of allylic oxidation sites excluding steroid dienone is 2. The summed E-state index contributed by atoms with van der Waals surface area (Å²) in [5, 5.41) is 0.434. The van der Waals surface area contributed by atoms with Crippen LogP contribution in [0.25, 0.3) is 0 Å². The third-order valence-electron chi connectivity index (χ3n) is 3.08. The smallest absolute Gasteiger partial charge is 0.171 e. The number of aryl methyl sites for hydroxylation is 1. The van der Waals surface area contributed by atoms with Gasteiger partial charge in [-0.15, -0.1) is 0 Å². The van der Waals surface area contributed by atoms with Crippen LogP contribution in [0.5, 0.6) is 0 Å². The van der Waals surface area contributed by atoms with E-state index in [-0.39, 0.29) is 23.6 Å². The molecule has 1 aliphatic carbocycles. The molecular formula is C15H15ClO2. The van der Waals surface area contributed by atoms with E-state index in [1.807, 2.05) is 31.2 Å². The van der Waals surface area contributed by atoms with E-state index in [1.54, 1.807) is 0 Å². The quantitative estimate of drug-likeness (QED) is 0.783. The van der Waals surface area contributed by atoms with Crippen LogP contribution in [-0.2, 0) is 16.0 Å². The van der Waals surface area contributed by atoms with Gasteiger partial charge >= 0.3 is 0 Å². The van der Waals surface area contributed by atoms with Gasteiger partial charge < -0.3 is 0 Å². The molecule has 0 spiro atoms. The largest absolute Gasteiger partial charge is 0.294 e. The summed E-state index contributed by atoms with van der Waals surface area (Å²) >= 11 is 6.01. The van der Waals surface area contributed by atoms with Crippen LogP contribution in [0.15, 0.2) is 34.9 Å². The van der Waals surface area contributed by atoms with Crippen LogP contribution >= 0.6 is 11.6 Å². The average Bonchev–Trinajstić information content (AvgIpc) is 2.28. The molecule has 0 radical (unpaired) electrons. The molecule has 3 heteroatoms. The van der Waals surface area contributed by atoms with Crippen LogP contribution in [0.4, 0.5) is 0 Å². The molecule has 0 N–H and O–H groups in total. The predicted octanol–water partition coefficient (Wildman–Crippen LogP) is 3.35. The first-order valence-electron chi connectivity index (χ1n) is 6.08. The number of hydrogen-bond acceptors (Lipinski definition) is 2. The van der Waals surface area contributed by atoms with Crippen LogP contribution in [0.1, 0.15) is 30.4 Å². The maximum atomic E-state index is 12.1. The summed E-state index contributed by atoms with van der Waals surface area (Å²) in [6.45, 7) is 1.98. The normalized spacial score (nSPS) is 16.0. The van der Waals surface area contributed by atoms with E-state index in [1.165, 1.54) is 0 Å². The third kappa shape index (κ3) is 2.88. The number of hydrogen-bond donors (Lipinski definition) is 0. The van der Waals surface area contributed by atoms with Gasteiger partial charge in [-0.2, -0.15) is 0 Å². The van der Waals surface area contributed by atoms with Gasteiger partial charge in [0.2, 0.25) is 0 Å². The van der Waals surface area contributed by atoms with Crippen LogP contribution in [0.3, 0.4) is 0 Å². The van der Waals surface area contributed by atoms with Crippen molar-refractivity contribution in [2.75, 3.05) is 0 Å². The van der Waals surface area contributed by atoms with E-state index in [2.05, 4.69) is 0 Å². The van der Waals surface area contributed by atoms with Gasteiger partial charge in [-0.3, -0.25) is 9.59 Å². The molecule has 0 atom stereocenters. The van der Waals surface area contributed by atoms with E-state index in [4.69, 9.17) is 11.6 Å². The summed E-state index contributed by atoms with van der Waals surface area (Å²) in [4.78, 5) is 23.9. The second-order valence-electron chi connectivity index (χ2n) is 4.65. The molecule has 94 valence electrons. The van der Waals surface area contributed by atoms with Crippen LogP contribution in [-0.4, -0.2) is 11.6 Å². The molecule has 0 aromatic heterocycles. The molecular weight excluding hydrogens is 248 g/mol. The van der Waals surface area contributed by atoms with E-state index < -0.39 is 0 Å². The van der Waals surface area contributed by atoms with Crippen molar-refractivity contribution < 1.29 is 9.59 Å². The fourth-order valence-corrected chi connectivity index (χ4v) is 2.55. The van der Waals surface area contributed by atoms with Crippen molar-refractivity contribution in [3.05, 3.63) is 46.0 Å². The third-order valence-corrected chi connectivity index (χ3v) is 3.45. The number of carbonyl (C=O) groups excluding carboxylic acids is 2. The van der Waals surface area contributed by atoms with Gasteiger partial charge in [-0.05, 0) is 25.3 Å². The van der Waals surface area contributed by atoms with Gasteiger partial charge in [0.25, 0.3) is 0 Å². The molecule has 0 heterocycles. The zero-order valence-corrected chi connectivity index (χ0v) is 11.1. The summed E-state index contributed by atoms with van der Waals surface area (Å²) in [5.74, 6) is -0.265. The zero-order chi connectivity index (χ0) is 13.1. The van der Waals surface area contributed by atoms with Crippen molar-refractivity contribution in [1.82, 2.24) is 0 Å². The lowest BCUT2D eigenvalue weighted by molar-refractivity contribution is -0.121. The Balaban J connectivity index is 2.20. The Morgan fingerprint density at radius 2 is 2.11 bits per heavy atom. The van der Waals surface area contributed by atoms with Gasteiger partial charge in [0.05, 0.1) is 5.57 Å². The van der Waals surface area contributed by atoms with Crippen molar-refractivity contribution in [2.45, 2.75) is 32.6 Å². The molecule has 0 unspecified atom stereocenters. The SMILES string of the molecule is Cc1cccc(CC(=O)C2=C(Cl)CCCC2=O)c1. The monoisotopic (exact) mass is 262 g/mol. The number of Topliss-reactive ketones (excluding diaryl/α,β-unsaturated/α-hetero) is 2. The van der Waals surface area contributed by atoms with E-state index >= 15 is 0 Å².